The number of amides is 1. The quantitative estimate of drug-likeness (QED) is 0.754. The summed E-state index contributed by atoms with van der Waals surface area (Å²) in [5.74, 6) is 1.02. The number of aromatic nitrogens is 2. The van der Waals surface area contributed by atoms with Crippen LogP contribution in [-0.4, -0.2) is 33.8 Å². The first kappa shape index (κ1) is 13.6. The molecule has 0 radical (unpaired) electrons. The average molecular weight is 241 g/mol. The fourth-order valence-electron chi connectivity index (χ4n) is 1.29. The van der Waals surface area contributed by atoms with Crippen molar-refractivity contribution in [2.24, 2.45) is 5.92 Å². The molecule has 17 heavy (non-hydrogen) atoms. The van der Waals surface area contributed by atoms with Crippen molar-refractivity contribution in [3.8, 4) is 0 Å². The minimum atomic E-state index is -0.0753. The van der Waals surface area contributed by atoms with Gasteiger partial charge >= 0.3 is 0 Å². The normalized spacial score (nSPS) is 14.4. The number of aliphatic hydroxyl groups is 1. The highest BCUT2D eigenvalue weighted by molar-refractivity contribution is 5.76. The van der Waals surface area contributed by atoms with E-state index in [1.807, 2.05) is 13.8 Å². The minimum absolute atomic E-state index is 0.0445. The third-order valence-corrected chi connectivity index (χ3v) is 2.67. The van der Waals surface area contributed by atoms with E-state index >= 15 is 0 Å². The van der Waals surface area contributed by atoms with Gasteiger partial charge in [-0.3, -0.25) is 4.79 Å². The molecule has 2 atom stereocenters. The number of nitrogens with zero attached hydrogens (tertiary/aromatic N) is 2. The van der Waals surface area contributed by atoms with Crippen molar-refractivity contribution in [1.29, 1.82) is 0 Å². The Morgan fingerprint density at radius 1 is 1.53 bits per heavy atom. The number of nitrogens with one attached hydrogen (secondary N) is 1. The van der Waals surface area contributed by atoms with Gasteiger partial charge in [0.25, 0.3) is 0 Å². The molecule has 0 saturated carbocycles. The van der Waals surface area contributed by atoms with E-state index < -0.39 is 0 Å². The molecule has 1 aromatic rings. The van der Waals surface area contributed by atoms with Crippen molar-refractivity contribution in [2.45, 2.75) is 39.7 Å². The fourth-order valence-corrected chi connectivity index (χ4v) is 1.29. The van der Waals surface area contributed by atoms with Gasteiger partial charge in [0.2, 0.25) is 11.8 Å². The molecular formula is C11H19N3O3. The number of aliphatic hydroxyl groups excluding tert-OH is 1. The summed E-state index contributed by atoms with van der Waals surface area (Å²) in [6.45, 7) is 5.55. The van der Waals surface area contributed by atoms with Gasteiger partial charge in [-0.05, 0) is 19.8 Å². The van der Waals surface area contributed by atoms with Crippen LogP contribution in [0.4, 0.5) is 0 Å². The van der Waals surface area contributed by atoms with E-state index in [1.165, 1.54) is 0 Å². The number of hydrogen-bond donors (Lipinski definition) is 2. The van der Waals surface area contributed by atoms with Crippen LogP contribution in [0.25, 0.3) is 0 Å². The Bertz CT molecular complexity index is 365. The molecule has 96 valence electrons. The third-order valence-electron chi connectivity index (χ3n) is 2.67. The van der Waals surface area contributed by atoms with Gasteiger partial charge in [-0.25, -0.2) is 0 Å². The van der Waals surface area contributed by atoms with E-state index in [1.54, 1.807) is 6.92 Å². The molecule has 0 aromatic carbocycles. The first-order valence-corrected chi connectivity index (χ1v) is 5.72. The highest BCUT2D eigenvalue weighted by Crippen LogP contribution is 2.03. The van der Waals surface area contributed by atoms with Gasteiger partial charge < -0.3 is 14.9 Å². The lowest BCUT2D eigenvalue weighted by Crippen LogP contribution is -2.38. The van der Waals surface area contributed by atoms with Crippen molar-refractivity contribution >= 4 is 5.91 Å². The van der Waals surface area contributed by atoms with Crippen molar-refractivity contribution in [3.63, 3.8) is 0 Å². The average Bonchev–Trinajstić information content (AvgIpc) is 2.71. The Kier molecular flexibility index (Phi) is 5.09. The van der Waals surface area contributed by atoms with Crippen molar-refractivity contribution in [3.05, 3.63) is 11.7 Å². The Morgan fingerprint density at radius 2 is 2.24 bits per heavy atom. The Labute approximate surface area is 100 Å². The number of carbonyl (C=O) groups excluding carboxylic acids is 1. The van der Waals surface area contributed by atoms with Gasteiger partial charge in [0, 0.05) is 25.5 Å². The van der Waals surface area contributed by atoms with Crippen LogP contribution in [0.2, 0.25) is 0 Å². The topological polar surface area (TPSA) is 88.2 Å². The lowest BCUT2D eigenvalue weighted by Gasteiger charge is -2.18. The molecule has 0 aliphatic heterocycles. The number of rotatable bonds is 6. The summed E-state index contributed by atoms with van der Waals surface area (Å²) in [6, 6.07) is -0.0445. The summed E-state index contributed by atoms with van der Waals surface area (Å²) in [6.07, 6.45) is 0.747. The molecule has 2 unspecified atom stereocenters. The van der Waals surface area contributed by atoms with Crippen molar-refractivity contribution in [1.82, 2.24) is 15.5 Å². The minimum Gasteiger partial charge on any atom is -0.396 e. The SMILES string of the molecule is Cc1noc(CCC(=O)NC(C)C(C)CO)n1. The molecule has 6 heteroatoms. The van der Waals surface area contributed by atoms with Crippen molar-refractivity contribution < 1.29 is 14.4 Å². The van der Waals surface area contributed by atoms with Crippen LogP contribution >= 0.6 is 0 Å². The monoisotopic (exact) mass is 241 g/mol. The molecule has 0 spiro atoms. The second-order valence-electron chi connectivity index (χ2n) is 4.25. The molecule has 1 aromatic heterocycles. The lowest BCUT2D eigenvalue weighted by atomic mass is 10.1. The second kappa shape index (κ2) is 6.34. The largest absolute Gasteiger partial charge is 0.396 e. The maximum atomic E-state index is 11.6. The van der Waals surface area contributed by atoms with Crippen LogP contribution in [0.5, 0.6) is 0 Å². The van der Waals surface area contributed by atoms with Gasteiger partial charge in [-0.1, -0.05) is 12.1 Å². The Hall–Kier alpha value is -1.43. The molecule has 0 fully saturated rings. The van der Waals surface area contributed by atoms with Gasteiger partial charge in [-0.15, -0.1) is 0 Å². The second-order valence-corrected chi connectivity index (χ2v) is 4.25. The van der Waals surface area contributed by atoms with Crippen molar-refractivity contribution in [2.75, 3.05) is 6.61 Å². The maximum Gasteiger partial charge on any atom is 0.227 e. The van der Waals surface area contributed by atoms with E-state index in [0.29, 0.717) is 24.6 Å². The summed E-state index contributed by atoms with van der Waals surface area (Å²) in [7, 11) is 0. The molecule has 0 aliphatic rings. The van der Waals surface area contributed by atoms with E-state index in [9.17, 15) is 4.79 Å². The van der Waals surface area contributed by atoms with Gasteiger partial charge in [0.1, 0.15) is 0 Å². The molecule has 0 saturated heterocycles. The van der Waals surface area contributed by atoms with Crippen LogP contribution < -0.4 is 5.32 Å². The summed E-state index contributed by atoms with van der Waals surface area (Å²) in [5, 5.41) is 15.4. The van der Waals surface area contributed by atoms with Crippen LogP contribution in [0, 0.1) is 12.8 Å². The zero-order valence-corrected chi connectivity index (χ0v) is 10.4. The predicted molar refractivity (Wildman–Crippen MR) is 61.2 cm³/mol. The molecule has 1 rings (SSSR count). The van der Waals surface area contributed by atoms with E-state index in [2.05, 4.69) is 15.5 Å². The van der Waals surface area contributed by atoms with Crippen LogP contribution in [0.1, 0.15) is 32.0 Å². The van der Waals surface area contributed by atoms with Gasteiger partial charge in [-0.2, -0.15) is 4.98 Å². The molecule has 0 bridgehead atoms. The summed E-state index contributed by atoms with van der Waals surface area (Å²) in [4.78, 5) is 15.6. The van der Waals surface area contributed by atoms with Crippen LogP contribution in [0.15, 0.2) is 4.52 Å². The summed E-state index contributed by atoms with van der Waals surface area (Å²) in [5.41, 5.74) is 0. The van der Waals surface area contributed by atoms with E-state index in [4.69, 9.17) is 9.63 Å². The highest BCUT2D eigenvalue weighted by Gasteiger charge is 2.14. The predicted octanol–water partition coefficient (Wildman–Crippen LogP) is 0.444. The van der Waals surface area contributed by atoms with Gasteiger partial charge in [0.15, 0.2) is 5.82 Å². The third kappa shape index (κ3) is 4.52. The Morgan fingerprint density at radius 3 is 2.76 bits per heavy atom. The molecule has 1 amide bonds. The molecule has 2 N–H and O–H groups in total. The standard InChI is InChI=1S/C11H19N3O3/c1-7(6-15)8(2)12-10(16)4-5-11-13-9(3)14-17-11/h7-8,15H,4-6H2,1-3H3,(H,12,16). The van der Waals surface area contributed by atoms with Crippen LogP contribution in [0.3, 0.4) is 0 Å². The first-order valence-electron chi connectivity index (χ1n) is 5.72. The zero-order valence-electron chi connectivity index (χ0n) is 10.4. The Balaban J connectivity index is 2.30. The molecule has 1 heterocycles. The molecular weight excluding hydrogens is 222 g/mol. The summed E-state index contributed by atoms with van der Waals surface area (Å²) >= 11 is 0. The molecule has 6 nitrogen and oxygen atoms in total. The van der Waals surface area contributed by atoms with E-state index in [-0.39, 0.29) is 24.5 Å². The zero-order chi connectivity index (χ0) is 12.8. The molecule has 0 aliphatic carbocycles. The smallest absolute Gasteiger partial charge is 0.227 e. The number of carbonyl (C=O) groups is 1. The highest BCUT2D eigenvalue weighted by atomic mass is 16.5. The number of hydrogen-bond acceptors (Lipinski definition) is 5. The maximum absolute atomic E-state index is 11.6. The van der Waals surface area contributed by atoms with Gasteiger partial charge in [0.05, 0.1) is 0 Å². The first-order chi connectivity index (χ1) is 8.02. The van der Waals surface area contributed by atoms with Crippen LogP contribution in [-0.2, 0) is 11.2 Å². The lowest BCUT2D eigenvalue weighted by molar-refractivity contribution is -0.122. The van der Waals surface area contributed by atoms with E-state index in [0.717, 1.165) is 0 Å². The fraction of sp³-hybridized carbons (Fsp3) is 0.727. The number of aryl methyl sites for hydroxylation is 2. The summed E-state index contributed by atoms with van der Waals surface area (Å²) < 4.78 is 4.91.